The highest BCUT2D eigenvalue weighted by Gasteiger charge is 2.54. The Balaban J connectivity index is 1.81. The number of carbonyl (C=O) groups is 1. The van der Waals surface area contributed by atoms with Crippen molar-refractivity contribution in [2.24, 2.45) is 17.8 Å². The first-order valence-electron chi connectivity index (χ1n) is 7.25. The fourth-order valence-electron chi connectivity index (χ4n) is 4.30. The van der Waals surface area contributed by atoms with Gasteiger partial charge in [0.2, 0.25) is 0 Å². The zero-order valence-electron chi connectivity index (χ0n) is 11.0. The van der Waals surface area contributed by atoms with Crippen LogP contribution in [0.3, 0.4) is 0 Å². The summed E-state index contributed by atoms with van der Waals surface area (Å²) >= 11 is 0. The van der Waals surface area contributed by atoms with Crippen molar-refractivity contribution in [1.29, 1.82) is 0 Å². The molecular weight excluding hydrogens is 228 g/mol. The maximum absolute atomic E-state index is 11.2. The summed E-state index contributed by atoms with van der Waals surface area (Å²) in [6.07, 6.45) is 10.8. The quantitative estimate of drug-likeness (QED) is 0.783. The Bertz CT molecular complexity index is 376. The van der Waals surface area contributed by atoms with Crippen LogP contribution in [0.4, 0.5) is 0 Å². The summed E-state index contributed by atoms with van der Waals surface area (Å²) in [5.41, 5.74) is -0.131. The second-order valence-electron chi connectivity index (χ2n) is 6.11. The molecule has 0 aromatic carbocycles. The highest BCUT2D eigenvalue weighted by atomic mass is 16.5. The predicted molar refractivity (Wildman–Crippen MR) is 68.2 cm³/mol. The van der Waals surface area contributed by atoms with Gasteiger partial charge in [0.1, 0.15) is 0 Å². The molecule has 0 amide bonds. The van der Waals surface area contributed by atoms with Crippen LogP contribution in [0.5, 0.6) is 0 Å². The van der Waals surface area contributed by atoms with Crippen LogP contribution in [0, 0.1) is 17.8 Å². The first-order chi connectivity index (χ1) is 8.65. The van der Waals surface area contributed by atoms with Gasteiger partial charge in [-0.15, -0.1) is 0 Å². The second kappa shape index (κ2) is 4.37. The van der Waals surface area contributed by atoms with Gasteiger partial charge >= 0.3 is 5.97 Å². The van der Waals surface area contributed by atoms with E-state index in [0.29, 0.717) is 17.9 Å². The number of carboxylic acids is 1. The Morgan fingerprint density at radius 2 is 2.28 bits per heavy atom. The number of aliphatic carboxylic acids is 1. The summed E-state index contributed by atoms with van der Waals surface area (Å²) in [5, 5.41) is 9.23. The van der Waals surface area contributed by atoms with E-state index < -0.39 is 5.97 Å². The summed E-state index contributed by atoms with van der Waals surface area (Å²) in [5.74, 6) is 0.207. The van der Waals surface area contributed by atoms with Gasteiger partial charge in [-0.05, 0) is 37.5 Å². The molecule has 0 aromatic rings. The van der Waals surface area contributed by atoms with Crippen molar-refractivity contribution in [2.75, 3.05) is 0 Å². The first kappa shape index (κ1) is 12.2. The van der Waals surface area contributed by atoms with Gasteiger partial charge in [0.25, 0.3) is 0 Å². The van der Waals surface area contributed by atoms with E-state index in [2.05, 4.69) is 19.1 Å². The summed E-state index contributed by atoms with van der Waals surface area (Å²) in [7, 11) is 0. The molecule has 100 valence electrons. The largest absolute Gasteiger partial charge is 0.481 e. The Hall–Kier alpha value is -0.830. The highest BCUT2D eigenvalue weighted by Crippen LogP contribution is 2.53. The zero-order valence-corrected chi connectivity index (χ0v) is 11.0. The summed E-state index contributed by atoms with van der Waals surface area (Å²) in [6.45, 7) is 2.22. The molecule has 5 atom stereocenters. The van der Waals surface area contributed by atoms with Crippen LogP contribution in [0.15, 0.2) is 12.2 Å². The van der Waals surface area contributed by atoms with E-state index in [-0.39, 0.29) is 11.5 Å². The molecule has 3 rings (SSSR count). The third-order valence-electron chi connectivity index (χ3n) is 5.24. The lowest BCUT2D eigenvalue weighted by molar-refractivity contribution is -0.145. The Morgan fingerprint density at radius 1 is 1.44 bits per heavy atom. The molecule has 1 N–H and O–H groups in total. The zero-order chi connectivity index (χ0) is 12.8. The average molecular weight is 250 g/mol. The lowest BCUT2D eigenvalue weighted by atomic mass is 9.66. The Kier molecular flexibility index (Phi) is 2.97. The number of rotatable bonds is 3. The fraction of sp³-hybridized carbons (Fsp3) is 0.800. The minimum Gasteiger partial charge on any atom is -0.481 e. The molecule has 2 aliphatic heterocycles. The van der Waals surface area contributed by atoms with E-state index in [0.717, 1.165) is 38.5 Å². The molecule has 1 saturated heterocycles. The predicted octanol–water partition coefficient (Wildman–Crippen LogP) is 3.00. The van der Waals surface area contributed by atoms with E-state index in [4.69, 9.17) is 4.74 Å². The molecule has 2 fully saturated rings. The standard InChI is InChI=1S/C15H22O3/c1-2-11-9-13-6-7-15(11,18-13)12-5-3-4-10(8-12)14(16)17/h6-7,10-13H,2-5,8-9H2,1H3,(H,16,17). The monoisotopic (exact) mass is 250 g/mol. The molecule has 1 aliphatic carbocycles. The lowest BCUT2D eigenvalue weighted by Crippen LogP contribution is -2.43. The second-order valence-corrected chi connectivity index (χ2v) is 6.11. The van der Waals surface area contributed by atoms with Crippen molar-refractivity contribution >= 4 is 5.97 Å². The lowest BCUT2D eigenvalue weighted by Gasteiger charge is -2.41. The van der Waals surface area contributed by atoms with Crippen molar-refractivity contribution in [1.82, 2.24) is 0 Å². The maximum atomic E-state index is 11.2. The summed E-state index contributed by atoms with van der Waals surface area (Å²) < 4.78 is 6.23. The smallest absolute Gasteiger partial charge is 0.306 e. The fourth-order valence-corrected chi connectivity index (χ4v) is 4.30. The normalized spacial score (nSPS) is 46.5. The van der Waals surface area contributed by atoms with E-state index in [1.165, 1.54) is 0 Å². The third-order valence-corrected chi connectivity index (χ3v) is 5.24. The van der Waals surface area contributed by atoms with Crippen LogP contribution in [0.2, 0.25) is 0 Å². The van der Waals surface area contributed by atoms with Gasteiger partial charge in [-0.3, -0.25) is 4.79 Å². The molecule has 1 saturated carbocycles. The number of hydrogen-bond donors (Lipinski definition) is 1. The molecule has 0 radical (unpaired) electrons. The SMILES string of the molecule is CCC1CC2C=CC1(C1CCCC(C(=O)O)C1)O2. The van der Waals surface area contributed by atoms with Gasteiger partial charge in [-0.2, -0.15) is 0 Å². The van der Waals surface area contributed by atoms with Crippen LogP contribution in [-0.2, 0) is 9.53 Å². The highest BCUT2D eigenvalue weighted by molar-refractivity contribution is 5.70. The molecule has 2 bridgehead atoms. The van der Waals surface area contributed by atoms with E-state index >= 15 is 0 Å². The third kappa shape index (κ3) is 1.71. The molecule has 3 nitrogen and oxygen atoms in total. The van der Waals surface area contributed by atoms with Crippen molar-refractivity contribution in [3.63, 3.8) is 0 Å². The molecule has 3 aliphatic rings. The van der Waals surface area contributed by atoms with Crippen LogP contribution in [0.25, 0.3) is 0 Å². The van der Waals surface area contributed by atoms with E-state index in [1.54, 1.807) is 0 Å². The summed E-state index contributed by atoms with van der Waals surface area (Å²) in [4.78, 5) is 11.2. The van der Waals surface area contributed by atoms with Crippen LogP contribution in [0.1, 0.15) is 45.4 Å². The van der Waals surface area contributed by atoms with Crippen molar-refractivity contribution in [3.8, 4) is 0 Å². The molecule has 18 heavy (non-hydrogen) atoms. The van der Waals surface area contributed by atoms with Crippen molar-refractivity contribution in [3.05, 3.63) is 12.2 Å². The Morgan fingerprint density at radius 3 is 2.94 bits per heavy atom. The topological polar surface area (TPSA) is 46.5 Å². The summed E-state index contributed by atoms with van der Waals surface area (Å²) in [6, 6.07) is 0. The number of ether oxygens (including phenoxy) is 1. The molecule has 0 spiro atoms. The number of hydrogen-bond acceptors (Lipinski definition) is 2. The van der Waals surface area contributed by atoms with Gasteiger partial charge in [0, 0.05) is 0 Å². The van der Waals surface area contributed by atoms with Crippen LogP contribution < -0.4 is 0 Å². The first-order valence-corrected chi connectivity index (χ1v) is 7.25. The minimum absolute atomic E-state index is 0.131. The van der Waals surface area contributed by atoms with Crippen LogP contribution in [-0.4, -0.2) is 22.8 Å². The Labute approximate surface area is 108 Å². The minimum atomic E-state index is -0.624. The van der Waals surface area contributed by atoms with Gasteiger partial charge in [-0.1, -0.05) is 31.9 Å². The van der Waals surface area contributed by atoms with Gasteiger partial charge in [0.05, 0.1) is 17.6 Å². The van der Waals surface area contributed by atoms with Gasteiger partial charge < -0.3 is 9.84 Å². The molecule has 5 unspecified atom stereocenters. The van der Waals surface area contributed by atoms with Gasteiger partial charge in [0.15, 0.2) is 0 Å². The molecule has 0 aromatic heterocycles. The molecular formula is C15H22O3. The van der Waals surface area contributed by atoms with Crippen LogP contribution >= 0.6 is 0 Å². The van der Waals surface area contributed by atoms with E-state index in [1.807, 2.05) is 0 Å². The van der Waals surface area contributed by atoms with Gasteiger partial charge in [-0.25, -0.2) is 0 Å². The molecule has 3 heteroatoms. The molecule has 2 heterocycles. The average Bonchev–Trinajstić information content (AvgIpc) is 2.97. The maximum Gasteiger partial charge on any atom is 0.306 e. The van der Waals surface area contributed by atoms with E-state index in [9.17, 15) is 9.90 Å². The van der Waals surface area contributed by atoms with Crippen molar-refractivity contribution < 1.29 is 14.6 Å². The number of carboxylic acid groups (broad SMARTS) is 1. The number of fused-ring (bicyclic) bond motifs is 2. The van der Waals surface area contributed by atoms with Crippen molar-refractivity contribution in [2.45, 2.75) is 57.2 Å².